The minimum atomic E-state index is -3.31. The summed E-state index contributed by atoms with van der Waals surface area (Å²) in [5, 5.41) is 14.3. The first-order chi connectivity index (χ1) is 11.7. The molecule has 1 aliphatic rings. The number of hydrogen-bond acceptors (Lipinski definition) is 5. The minimum absolute atomic E-state index is 0.329. The molecule has 0 saturated carbocycles. The van der Waals surface area contributed by atoms with Crippen molar-refractivity contribution in [3.05, 3.63) is 52.9 Å². The zero-order valence-corrected chi connectivity index (χ0v) is 14.5. The maximum Gasteiger partial charge on any atom is 0.159 e. The van der Waals surface area contributed by atoms with Crippen molar-refractivity contribution in [1.82, 2.24) is 14.7 Å². The number of fused-ring (bicyclic) bond motifs is 1. The standard InChI is InChI=1S/C16H19F2N3O3S/c1-25(23,24)10-16(22)15-7-12-9-20(4-5-21(12)19-15)8-11-2-3-13(17)14(18)6-11/h2-3,6-7,16,22H,4-5,8-10H2,1H3/t16-/m1/s1. The maximum absolute atomic E-state index is 13.3. The predicted molar refractivity (Wildman–Crippen MR) is 87.4 cm³/mol. The molecule has 0 unspecified atom stereocenters. The van der Waals surface area contributed by atoms with Gasteiger partial charge in [0.25, 0.3) is 0 Å². The van der Waals surface area contributed by atoms with Crippen molar-refractivity contribution in [3.8, 4) is 0 Å². The zero-order chi connectivity index (χ0) is 18.2. The van der Waals surface area contributed by atoms with Gasteiger partial charge in [-0.1, -0.05) is 6.07 Å². The number of rotatable bonds is 5. The van der Waals surface area contributed by atoms with E-state index in [9.17, 15) is 22.3 Å². The van der Waals surface area contributed by atoms with E-state index in [1.807, 2.05) is 0 Å². The summed E-state index contributed by atoms with van der Waals surface area (Å²) in [7, 11) is -3.31. The molecule has 1 aromatic heterocycles. The molecule has 2 heterocycles. The number of nitrogens with zero attached hydrogens (tertiary/aromatic N) is 3. The van der Waals surface area contributed by atoms with Crippen LogP contribution in [0.3, 0.4) is 0 Å². The van der Waals surface area contributed by atoms with Crippen molar-refractivity contribution < 1.29 is 22.3 Å². The van der Waals surface area contributed by atoms with E-state index in [0.29, 0.717) is 37.4 Å². The van der Waals surface area contributed by atoms with E-state index < -0.39 is 27.6 Å². The summed E-state index contributed by atoms with van der Waals surface area (Å²) in [4.78, 5) is 2.05. The summed E-state index contributed by atoms with van der Waals surface area (Å²) in [5.41, 5.74) is 1.84. The Labute approximate surface area is 144 Å². The first kappa shape index (κ1) is 18.0. The van der Waals surface area contributed by atoms with E-state index in [0.717, 1.165) is 18.0 Å². The summed E-state index contributed by atoms with van der Waals surface area (Å²) in [5.74, 6) is -2.11. The number of benzene rings is 1. The molecule has 0 spiro atoms. The second-order valence-corrected chi connectivity index (χ2v) is 8.54. The Balaban J connectivity index is 1.70. The highest BCUT2D eigenvalue weighted by atomic mass is 32.2. The van der Waals surface area contributed by atoms with Gasteiger partial charge in [0.2, 0.25) is 0 Å². The van der Waals surface area contributed by atoms with Gasteiger partial charge in [-0.05, 0) is 23.8 Å². The van der Waals surface area contributed by atoms with E-state index in [-0.39, 0.29) is 5.75 Å². The lowest BCUT2D eigenvalue weighted by Crippen LogP contribution is -2.33. The van der Waals surface area contributed by atoms with E-state index in [1.165, 1.54) is 6.07 Å². The SMILES string of the molecule is CS(=O)(=O)C[C@@H](O)c1cc2n(n1)CCN(Cc1ccc(F)c(F)c1)C2. The summed E-state index contributed by atoms with van der Waals surface area (Å²) in [6, 6.07) is 5.53. The first-order valence-electron chi connectivity index (χ1n) is 7.80. The van der Waals surface area contributed by atoms with Crippen LogP contribution in [0.1, 0.15) is 23.1 Å². The Morgan fingerprint density at radius 1 is 1.24 bits per heavy atom. The maximum atomic E-state index is 13.3. The van der Waals surface area contributed by atoms with Crippen LogP contribution in [0.2, 0.25) is 0 Å². The lowest BCUT2D eigenvalue weighted by Gasteiger charge is -2.27. The molecular formula is C16H19F2N3O3S. The molecule has 0 amide bonds. The molecule has 0 aliphatic carbocycles. The van der Waals surface area contributed by atoms with E-state index in [4.69, 9.17) is 0 Å². The highest BCUT2D eigenvalue weighted by molar-refractivity contribution is 7.90. The number of halogens is 2. The second-order valence-electron chi connectivity index (χ2n) is 6.35. The number of aliphatic hydroxyl groups excluding tert-OH is 1. The van der Waals surface area contributed by atoms with Gasteiger partial charge in [-0.25, -0.2) is 17.2 Å². The predicted octanol–water partition coefficient (Wildman–Crippen LogP) is 1.26. The van der Waals surface area contributed by atoms with Crippen LogP contribution in [0.15, 0.2) is 24.3 Å². The zero-order valence-electron chi connectivity index (χ0n) is 13.7. The molecule has 0 fully saturated rings. The Kier molecular flexibility index (Phi) is 4.90. The monoisotopic (exact) mass is 371 g/mol. The van der Waals surface area contributed by atoms with Crippen LogP contribution in [-0.2, 0) is 29.5 Å². The molecule has 1 aromatic carbocycles. The minimum Gasteiger partial charge on any atom is -0.386 e. The molecule has 1 atom stereocenters. The van der Waals surface area contributed by atoms with Gasteiger partial charge >= 0.3 is 0 Å². The van der Waals surface area contributed by atoms with Gasteiger partial charge in [-0.2, -0.15) is 5.10 Å². The number of aromatic nitrogens is 2. The Bertz CT molecular complexity index is 883. The van der Waals surface area contributed by atoms with Crippen molar-refractivity contribution >= 4 is 9.84 Å². The van der Waals surface area contributed by atoms with Gasteiger partial charge < -0.3 is 5.11 Å². The Morgan fingerprint density at radius 2 is 2.00 bits per heavy atom. The molecular weight excluding hydrogens is 352 g/mol. The lowest BCUT2D eigenvalue weighted by atomic mass is 10.1. The van der Waals surface area contributed by atoms with Gasteiger partial charge in [-0.3, -0.25) is 9.58 Å². The molecule has 9 heteroatoms. The summed E-state index contributed by atoms with van der Waals surface area (Å²) in [6.45, 7) is 2.22. The number of sulfone groups is 1. The van der Waals surface area contributed by atoms with Crippen LogP contribution in [-0.4, -0.2) is 46.8 Å². The van der Waals surface area contributed by atoms with Crippen LogP contribution in [0.5, 0.6) is 0 Å². The third-order valence-corrected chi connectivity index (χ3v) is 5.01. The molecule has 25 heavy (non-hydrogen) atoms. The Hall–Kier alpha value is -1.84. The average molecular weight is 371 g/mol. The van der Waals surface area contributed by atoms with E-state index in [1.54, 1.807) is 16.8 Å². The highest BCUT2D eigenvalue weighted by Gasteiger charge is 2.23. The summed E-state index contributed by atoms with van der Waals surface area (Å²) >= 11 is 0. The van der Waals surface area contributed by atoms with Crippen LogP contribution in [0, 0.1) is 11.6 Å². The van der Waals surface area contributed by atoms with Crippen molar-refractivity contribution in [2.75, 3.05) is 18.6 Å². The fourth-order valence-electron chi connectivity index (χ4n) is 2.91. The van der Waals surface area contributed by atoms with Gasteiger partial charge in [0.1, 0.15) is 15.9 Å². The molecule has 136 valence electrons. The number of hydrogen-bond donors (Lipinski definition) is 1. The molecule has 3 rings (SSSR count). The average Bonchev–Trinajstić information content (AvgIpc) is 2.93. The Morgan fingerprint density at radius 3 is 2.68 bits per heavy atom. The molecule has 0 bridgehead atoms. The van der Waals surface area contributed by atoms with Gasteiger partial charge in [0, 0.05) is 25.9 Å². The highest BCUT2D eigenvalue weighted by Crippen LogP contribution is 2.21. The van der Waals surface area contributed by atoms with Crippen LogP contribution < -0.4 is 0 Å². The first-order valence-corrected chi connectivity index (χ1v) is 9.86. The lowest BCUT2D eigenvalue weighted by molar-refractivity contribution is 0.191. The van der Waals surface area contributed by atoms with Crippen molar-refractivity contribution in [2.45, 2.75) is 25.7 Å². The molecule has 1 aliphatic heterocycles. The summed E-state index contributed by atoms with van der Waals surface area (Å²) < 4.78 is 50.7. The van der Waals surface area contributed by atoms with E-state index in [2.05, 4.69) is 10.00 Å². The van der Waals surface area contributed by atoms with Gasteiger partial charge in [-0.15, -0.1) is 0 Å². The van der Waals surface area contributed by atoms with Crippen molar-refractivity contribution in [1.29, 1.82) is 0 Å². The fourth-order valence-corrected chi connectivity index (χ4v) is 3.65. The third-order valence-electron chi connectivity index (χ3n) is 4.09. The number of aliphatic hydroxyl groups is 1. The topological polar surface area (TPSA) is 75.4 Å². The van der Waals surface area contributed by atoms with Gasteiger partial charge in [0.05, 0.1) is 23.7 Å². The van der Waals surface area contributed by atoms with Crippen LogP contribution in [0.25, 0.3) is 0 Å². The van der Waals surface area contributed by atoms with Crippen LogP contribution in [0.4, 0.5) is 8.78 Å². The molecule has 0 radical (unpaired) electrons. The fraction of sp³-hybridized carbons (Fsp3) is 0.438. The third kappa shape index (κ3) is 4.42. The smallest absolute Gasteiger partial charge is 0.159 e. The van der Waals surface area contributed by atoms with E-state index >= 15 is 0 Å². The van der Waals surface area contributed by atoms with Gasteiger partial charge in [0.15, 0.2) is 11.6 Å². The molecule has 6 nitrogen and oxygen atoms in total. The molecule has 2 aromatic rings. The quantitative estimate of drug-likeness (QED) is 0.856. The largest absolute Gasteiger partial charge is 0.386 e. The van der Waals surface area contributed by atoms with Crippen molar-refractivity contribution in [3.63, 3.8) is 0 Å². The molecule has 1 N–H and O–H groups in total. The second kappa shape index (κ2) is 6.81. The summed E-state index contributed by atoms with van der Waals surface area (Å²) in [6.07, 6.45) is -0.0942. The van der Waals surface area contributed by atoms with Crippen molar-refractivity contribution in [2.24, 2.45) is 0 Å². The normalized spacial score (nSPS) is 16.6. The molecule has 0 saturated heterocycles. The van der Waals surface area contributed by atoms with Crippen LogP contribution >= 0.6 is 0 Å².